The van der Waals surface area contributed by atoms with Gasteiger partial charge in [0.2, 0.25) is 0 Å². The van der Waals surface area contributed by atoms with Crippen LogP contribution in [-0.4, -0.2) is 0 Å². The summed E-state index contributed by atoms with van der Waals surface area (Å²) < 4.78 is 0. The number of allylic oxidation sites excluding steroid dienone is 3. The molecule has 116 valence electrons. The van der Waals surface area contributed by atoms with Crippen molar-refractivity contribution in [2.24, 2.45) is 29.6 Å². The Labute approximate surface area is 127 Å². The first kappa shape index (κ1) is 17.5. The molecule has 0 heteroatoms. The first-order valence-corrected chi connectivity index (χ1v) is 8.69. The van der Waals surface area contributed by atoms with Crippen LogP contribution in [0.25, 0.3) is 0 Å². The van der Waals surface area contributed by atoms with Crippen LogP contribution in [0.5, 0.6) is 0 Å². The Kier molecular flexibility index (Phi) is 7.06. The topological polar surface area (TPSA) is 0 Å². The van der Waals surface area contributed by atoms with Crippen LogP contribution in [0.4, 0.5) is 0 Å². The van der Waals surface area contributed by atoms with E-state index in [1.54, 1.807) is 5.57 Å². The molecule has 0 bridgehead atoms. The fourth-order valence-electron chi connectivity index (χ4n) is 3.50. The molecule has 0 heterocycles. The van der Waals surface area contributed by atoms with Crippen LogP contribution in [0.2, 0.25) is 0 Å². The van der Waals surface area contributed by atoms with Crippen LogP contribution >= 0.6 is 0 Å². The van der Waals surface area contributed by atoms with Gasteiger partial charge in [-0.25, -0.2) is 0 Å². The standard InChI is InChI=1S/C20H36/c1-8-18-11-12-19(18)20(17(7)15(4)5)13-16(6)10-9-14(2)3/h13-14,17-20H,4,8-12H2,1-3,5-7H3. The highest BCUT2D eigenvalue weighted by atomic mass is 14.4. The fourth-order valence-corrected chi connectivity index (χ4v) is 3.50. The average molecular weight is 277 g/mol. The molecule has 1 aliphatic rings. The first-order valence-electron chi connectivity index (χ1n) is 8.69. The van der Waals surface area contributed by atoms with E-state index in [0.29, 0.717) is 5.92 Å². The van der Waals surface area contributed by atoms with Gasteiger partial charge in [0, 0.05) is 0 Å². The Morgan fingerprint density at radius 1 is 1.20 bits per heavy atom. The Morgan fingerprint density at radius 2 is 1.85 bits per heavy atom. The van der Waals surface area contributed by atoms with Crippen molar-refractivity contribution >= 4 is 0 Å². The average Bonchev–Trinajstić information content (AvgIpc) is 2.33. The van der Waals surface area contributed by atoms with Crippen LogP contribution < -0.4 is 0 Å². The van der Waals surface area contributed by atoms with Crippen molar-refractivity contribution in [2.75, 3.05) is 0 Å². The lowest BCUT2D eigenvalue weighted by Gasteiger charge is -2.43. The second kappa shape index (κ2) is 8.05. The van der Waals surface area contributed by atoms with Gasteiger partial charge in [0.05, 0.1) is 0 Å². The van der Waals surface area contributed by atoms with Crippen molar-refractivity contribution < 1.29 is 0 Å². The van der Waals surface area contributed by atoms with E-state index in [-0.39, 0.29) is 0 Å². The summed E-state index contributed by atoms with van der Waals surface area (Å²) in [6.07, 6.45) is 9.41. The minimum absolute atomic E-state index is 0.628. The predicted octanol–water partition coefficient (Wildman–Crippen LogP) is 6.63. The second-order valence-corrected chi connectivity index (χ2v) is 7.57. The molecule has 0 aromatic carbocycles. The van der Waals surface area contributed by atoms with Crippen molar-refractivity contribution in [1.82, 2.24) is 0 Å². The maximum atomic E-state index is 4.22. The van der Waals surface area contributed by atoms with Crippen molar-refractivity contribution in [1.29, 1.82) is 0 Å². The highest BCUT2D eigenvalue weighted by Crippen LogP contribution is 2.46. The molecule has 0 spiro atoms. The SMILES string of the molecule is C=C(C)C(C)C(C=C(C)CCC(C)C)C1CCC1CC. The molecule has 20 heavy (non-hydrogen) atoms. The molecule has 0 N–H and O–H groups in total. The number of hydrogen-bond acceptors (Lipinski definition) is 0. The van der Waals surface area contributed by atoms with Crippen molar-refractivity contribution in [3.05, 3.63) is 23.8 Å². The third-order valence-corrected chi connectivity index (χ3v) is 5.44. The molecule has 0 amide bonds. The third-order valence-electron chi connectivity index (χ3n) is 5.44. The van der Waals surface area contributed by atoms with Crippen LogP contribution in [0.1, 0.15) is 73.6 Å². The summed E-state index contributed by atoms with van der Waals surface area (Å²) >= 11 is 0. The molecule has 0 aromatic heterocycles. The van der Waals surface area contributed by atoms with E-state index in [0.717, 1.165) is 23.7 Å². The number of rotatable bonds is 8. The summed E-state index contributed by atoms with van der Waals surface area (Å²) in [6.45, 7) is 18.1. The van der Waals surface area contributed by atoms with E-state index >= 15 is 0 Å². The molecule has 0 nitrogen and oxygen atoms in total. The molecule has 1 fully saturated rings. The maximum Gasteiger partial charge on any atom is -0.0137 e. The Balaban J connectivity index is 2.77. The molecule has 0 aromatic rings. The molecule has 1 saturated carbocycles. The second-order valence-electron chi connectivity index (χ2n) is 7.57. The van der Waals surface area contributed by atoms with Crippen LogP contribution in [0, 0.1) is 29.6 Å². The third kappa shape index (κ3) is 4.79. The van der Waals surface area contributed by atoms with E-state index in [1.165, 1.54) is 37.7 Å². The van der Waals surface area contributed by atoms with Gasteiger partial charge in [-0.1, -0.05) is 57.9 Å². The summed E-state index contributed by atoms with van der Waals surface area (Å²) in [5.41, 5.74) is 2.95. The lowest BCUT2D eigenvalue weighted by Crippen LogP contribution is -2.35. The zero-order valence-corrected chi connectivity index (χ0v) is 14.7. The van der Waals surface area contributed by atoms with Crippen molar-refractivity contribution in [3.63, 3.8) is 0 Å². The fraction of sp³-hybridized carbons (Fsp3) is 0.800. The van der Waals surface area contributed by atoms with Gasteiger partial charge in [-0.15, -0.1) is 0 Å². The molecular weight excluding hydrogens is 240 g/mol. The molecule has 0 aliphatic heterocycles. The summed E-state index contributed by atoms with van der Waals surface area (Å²) in [7, 11) is 0. The quantitative estimate of drug-likeness (QED) is 0.436. The van der Waals surface area contributed by atoms with Crippen LogP contribution in [0.3, 0.4) is 0 Å². The monoisotopic (exact) mass is 276 g/mol. The lowest BCUT2D eigenvalue weighted by atomic mass is 9.62. The highest BCUT2D eigenvalue weighted by molar-refractivity contribution is 5.11. The van der Waals surface area contributed by atoms with Crippen LogP contribution in [0.15, 0.2) is 23.8 Å². The Bertz CT molecular complexity index is 332. The lowest BCUT2D eigenvalue weighted by molar-refractivity contribution is 0.102. The minimum Gasteiger partial charge on any atom is -0.0998 e. The van der Waals surface area contributed by atoms with Gasteiger partial charge >= 0.3 is 0 Å². The Morgan fingerprint density at radius 3 is 2.25 bits per heavy atom. The predicted molar refractivity (Wildman–Crippen MR) is 91.8 cm³/mol. The Hall–Kier alpha value is -0.520. The molecule has 0 saturated heterocycles. The highest BCUT2D eigenvalue weighted by Gasteiger charge is 2.37. The van der Waals surface area contributed by atoms with Crippen molar-refractivity contribution in [2.45, 2.75) is 73.6 Å². The largest absolute Gasteiger partial charge is 0.0998 e. The number of hydrogen-bond donors (Lipinski definition) is 0. The van der Waals surface area contributed by atoms with Crippen molar-refractivity contribution in [3.8, 4) is 0 Å². The van der Waals surface area contributed by atoms with Gasteiger partial charge < -0.3 is 0 Å². The molecule has 4 unspecified atom stereocenters. The summed E-state index contributed by atoms with van der Waals surface area (Å²) in [4.78, 5) is 0. The van der Waals surface area contributed by atoms with Gasteiger partial charge in [-0.3, -0.25) is 0 Å². The minimum atomic E-state index is 0.628. The van der Waals surface area contributed by atoms with Gasteiger partial charge in [-0.05, 0) is 69.1 Å². The molecule has 0 radical (unpaired) electrons. The van der Waals surface area contributed by atoms with E-state index in [9.17, 15) is 0 Å². The van der Waals surface area contributed by atoms with Crippen LogP contribution in [-0.2, 0) is 0 Å². The zero-order chi connectivity index (χ0) is 15.3. The first-order chi connectivity index (χ1) is 9.36. The van der Waals surface area contributed by atoms with E-state index in [1.807, 2.05) is 0 Å². The smallest absolute Gasteiger partial charge is 0.0137 e. The van der Waals surface area contributed by atoms with E-state index < -0.39 is 0 Å². The van der Waals surface area contributed by atoms with E-state index in [2.05, 4.69) is 54.2 Å². The van der Waals surface area contributed by atoms with Gasteiger partial charge in [0.15, 0.2) is 0 Å². The van der Waals surface area contributed by atoms with Gasteiger partial charge in [0.25, 0.3) is 0 Å². The van der Waals surface area contributed by atoms with Gasteiger partial charge in [-0.2, -0.15) is 0 Å². The molecule has 1 rings (SSSR count). The molecule has 4 atom stereocenters. The normalized spacial score (nSPS) is 26.2. The van der Waals surface area contributed by atoms with E-state index in [4.69, 9.17) is 0 Å². The summed E-state index contributed by atoms with van der Waals surface area (Å²) in [5, 5.41) is 0. The zero-order valence-electron chi connectivity index (χ0n) is 14.7. The summed E-state index contributed by atoms with van der Waals surface area (Å²) in [6, 6.07) is 0. The molecule has 1 aliphatic carbocycles. The maximum absolute atomic E-state index is 4.22. The molecular formula is C20H36. The van der Waals surface area contributed by atoms with Gasteiger partial charge in [0.1, 0.15) is 0 Å². The summed E-state index contributed by atoms with van der Waals surface area (Å²) in [5.74, 6) is 4.01.